The predicted molar refractivity (Wildman–Crippen MR) is 87.2 cm³/mol. The lowest BCUT2D eigenvalue weighted by Crippen LogP contribution is -1.99. The Kier molecular flexibility index (Phi) is 4.06. The molecule has 112 valence electrons. The summed E-state index contributed by atoms with van der Waals surface area (Å²) in [5.74, 6) is -0.295. The van der Waals surface area contributed by atoms with Crippen LogP contribution in [0, 0.1) is 6.92 Å². The molecule has 0 fully saturated rings. The van der Waals surface area contributed by atoms with Gasteiger partial charge in [0.1, 0.15) is 4.88 Å². The summed E-state index contributed by atoms with van der Waals surface area (Å²) >= 11 is 1.44. The number of carbonyl (C=O) groups excluding carboxylic acids is 1. The van der Waals surface area contributed by atoms with Gasteiger partial charge in [0, 0.05) is 16.6 Å². The minimum absolute atomic E-state index is 0.295. The molecule has 0 spiro atoms. The summed E-state index contributed by atoms with van der Waals surface area (Å²) in [5.41, 5.74) is 3.25. The lowest BCUT2D eigenvalue weighted by Gasteiger charge is -2.00. The summed E-state index contributed by atoms with van der Waals surface area (Å²) in [6, 6.07) is 12.1. The van der Waals surface area contributed by atoms with Crippen LogP contribution in [0.2, 0.25) is 0 Å². The van der Waals surface area contributed by atoms with Crippen molar-refractivity contribution in [2.75, 3.05) is 7.11 Å². The Morgan fingerprint density at radius 3 is 2.82 bits per heavy atom. The second kappa shape index (κ2) is 6.15. The number of nitrogens with zero attached hydrogens (tertiary/aromatic N) is 2. The van der Waals surface area contributed by atoms with Gasteiger partial charge < -0.3 is 4.74 Å². The number of carbonyl (C=O) groups is 1. The van der Waals surface area contributed by atoms with Crippen molar-refractivity contribution in [2.45, 2.75) is 13.5 Å². The predicted octanol–water partition coefficient (Wildman–Crippen LogP) is 3.75. The van der Waals surface area contributed by atoms with Gasteiger partial charge in [0.15, 0.2) is 0 Å². The Morgan fingerprint density at radius 1 is 1.32 bits per heavy atom. The average molecular weight is 312 g/mol. The van der Waals surface area contributed by atoms with Crippen molar-refractivity contribution in [3.63, 3.8) is 0 Å². The number of methoxy groups -OCH3 is 1. The molecule has 3 aromatic rings. The van der Waals surface area contributed by atoms with Crippen LogP contribution >= 0.6 is 11.3 Å². The standard InChI is InChI=1S/C17H16N2O2S/c1-12-15(8-16(22-12)17(20)21-2)14-9-18-19(11-14)10-13-6-4-3-5-7-13/h3-9,11H,10H2,1-2H3. The van der Waals surface area contributed by atoms with Gasteiger partial charge in [-0.15, -0.1) is 11.3 Å². The van der Waals surface area contributed by atoms with Crippen molar-refractivity contribution in [2.24, 2.45) is 0 Å². The summed E-state index contributed by atoms with van der Waals surface area (Å²) in [5, 5.41) is 4.41. The van der Waals surface area contributed by atoms with E-state index in [2.05, 4.69) is 17.2 Å². The Labute approximate surface area is 133 Å². The van der Waals surface area contributed by atoms with E-state index in [1.54, 1.807) is 0 Å². The highest BCUT2D eigenvalue weighted by molar-refractivity contribution is 7.14. The van der Waals surface area contributed by atoms with Crippen LogP contribution in [0.5, 0.6) is 0 Å². The van der Waals surface area contributed by atoms with Gasteiger partial charge in [-0.2, -0.15) is 5.10 Å². The lowest BCUT2D eigenvalue weighted by atomic mass is 10.1. The monoisotopic (exact) mass is 312 g/mol. The molecule has 0 atom stereocenters. The van der Waals surface area contributed by atoms with Gasteiger partial charge in [-0.1, -0.05) is 30.3 Å². The molecule has 0 amide bonds. The van der Waals surface area contributed by atoms with Crippen molar-refractivity contribution < 1.29 is 9.53 Å². The zero-order valence-corrected chi connectivity index (χ0v) is 13.3. The van der Waals surface area contributed by atoms with Gasteiger partial charge in [0.25, 0.3) is 0 Å². The van der Waals surface area contributed by atoms with Crippen molar-refractivity contribution in [1.82, 2.24) is 9.78 Å². The first-order valence-corrected chi connectivity index (χ1v) is 7.74. The van der Waals surface area contributed by atoms with E-state index >= 15 is 0 Å². The molecular formula is C17H16N2O2S. The fraction of sp³-hybridized carbons (Fsp3) is 0.176. The van der Waals surface area contributed by atoms with Crippen LogP contribution in [0.25, 0.3) is 11.1 Å². The smallest absolute Gasteiger partial charge is 0.348 e. The number of esters is 1. The summed E-state index contributed by atoms with van der Waals surface area (Å²) in [7, 11) is 1.40. The summed E-state index contributed by atoms with van der Waals surface area (Å²) in [4.78, 5) is 13.3. The first-order chi connectivity index (χ1) is 10.7. The third-order valence-electron chi connectivity index (χ3n) is 3.44. The number of ether oxygens (including phenoxy) is 1. The highest BCUT2D eigenvalue weighted by atomic mass is 32.1. The van der Waals surface area contributed by atoms with Gasteiger partial charge in [-0.05, 0) is 24.1 Å². The molecule has 0 aliphatic rings. The SMILES string of the molecule is COC(=O)c1cc(-c2cnn(Cc3ccccc3)c2)c(C)s1. The van der Waals surface area contributed by atoms with Crippen molar-refractivity contribution in [3.8, 4) is 11.1 Å². The molecule has 1 aromatic carbocycles. The maximum absolute atomic E-state index is 11.6. The molecule has 2 heterocycles. The van der Waals surface area contributed by atoms with Crippen molar-refractivity contribution >= 4 is 17.3 Å². The van der Waals surface area contributed by atoms with Gasteiger partial charge in [0.05, 0.1) is 19.9 Å². The van der Waals surface area contributed by atoms with E-state index in [4.69, 9.17) is 4.74 Å². The molecule has 0 unspecified atom stereocenters. The Balaban J connectivity index is 1.85. The number of hydrogen-bond acceptors (Lipinski definition) is 4. The van der Waals surface area contributed by atoms with Gasteiger partial charge in [0.2, 0.25) is 0 Å². The molecule has 5 heteroatoms. The normalized spacial score (nSPS) is 10.6. The van der Waals surface area contributed by atoms with Gasteiger partial charge >= 0.3 is 5.97 Å². The van der Waals surface area contributed by atoms with E-state index in [0.29, 0.717) is 4.88 Å². The second-order valence-corrected chi connectivity index (χ2v) is 6.24. The molecule has 2 aromatic heterocycles. The number of aryl methyl sites for hydroxylation is 1. The van der Waals surface area contributed by atoms with E-state index in [1.807, 2.05) is 48.3 Å². The maximum atomic E-state index is 11.6. The van der Waals surface area contributed by atoms with E-state index < -0.39 is 0 Å². The lowest BCUT2D eigenvalue weighted by molar-refractivity contribution is 0.0606. The number of benzene rings is 1. The van der Waals surface area contributed by atoms with Gasteiger partial charge in [-0.3, -0.25) is 4.68 Å². The third-order valence-corrected chi connectivity index (χ3v) is 4.47. The van der Waals surface area contributed by atoms with Crippen molar-refractivity contribution in [1.29, 1.82) is 0 Å². The first kappa shape index (κ1) is 14.5. The zero-order chi connectivity index (χ0) is 15.5. The highest BCUT2D eigenvalue weighted by Gasteiger charge is 2.15. The molecule has 0 radical (unpaired) electrons. The van der Waals surface area contributed by atoms with Crippen LogP contribution in [-0.4, -0.2) is 22.9 Å². The van der Waals surface area contributed by atoms with E-state index in [9.17, 15) is 4.79 Å². The molecule has 3 rings (SSSR count). The first-order valence-electron chi connectivity index (χ1n) is 6.93. The molecule has 0 saturated heterocycles. The summed E-state index contributed by atoms with van der Waals surface area (Å²) in [6.45, 7) is 2.73. The molecule has 0 saturated carbocycles. The van der Waals surface area contributed by atoms with E-state index in [0.717, 1.165) is 22.5 Å². The fourth-order valence-corrected chi connectivity index (χ4v) is 3.29. The molecule has 4 nitrogen and oxygen atoms in total. The minimum Gasteiger partial charge on any atom is -0.465 e. The third kappa shape index (κ3) is 2.94. The molecule has 0 aliphatic carbocycles. The fourth-order valence-electron chi connectivity index (χ4n) is 2.33. The van der Waals surface area contributed by atoms with Gasteiger partial charge in [-0.25, -0.2) is 4.79 Å². The van der Waals surface area contributed by atoms with Crippen LogP contribution < -0.4 is 0 Å². The molecule has 0 N–H and O–H groups in total. The highest BCUT2D eigenvalue weighted by Crippen LogP contribution is 2.31. The zero-order valence-electron chi connectivity index (χ0n) is 12.4. The quantitative estimate of drug-likeness (QED) is 0.689. The van der Waals surface area contributed by atoms with Crippen LogP contribution in [0.15, 0.2) is 48.8 Å². The molecule has 22 heavy (non-hydrogen) atoms. The Bertz CT molecular complexity index is 790. The van der Waals surface area contributed by atoms with Crippen LogP contribution in [0.3, 0.4) is 0 Å². The Morgan fingerprint density at radius 2 is 2.09 bits per heavy atom. The number of aromatic nitrogens is 2. The van der Waals surface area contributed by atoms with Crippen molar-refractivity contribution in [3.05, 3.63) is 64.1 Å². The van der Waals surface area contributed by atoms with E-state index in [-0.39, 0.29) is 5.97 Å². The van der Waals surface area contributed by atoms with Crippen LogP contribution in [0.4, 0.5) is 0 Å². The molecular weight excluding hydrogens is 296 g/mol. The molecule has 0 bridgehead atoms. The second-order valence-electron chi connectivity index (χ2n) is 4.98. The Hall–Kier alpha value is -2.40. The summed E-state index contributed by atoms with van der Waals surface area (Å²) in [6.07, 6.45) is 3.84. The van der Waals surface area contributed by atoms with E-state index in [1.165, 1.54) is 24.0 Å². The number of rotatable bonds is 4. The number of thiophene rings is 1. The largest absolute Gasteiger partial charge is 0.465 e. The number of hydrogen-bond donors (Lipinski definition) is 0. The summed E-state index contributed by atoms with van der Waals surface area (Å²) < 4.78 is 6.68. The topological polar surface area (TPSA) is 44.1 Å². The average Bonchev–Trinajstić information content (AvgIpc) is 3.14. The van der Waals surface area contributed by atoms with Crippen LogP contribution in [-0.2, 0) is 11.3 Å². The minimum atomic E-state index is -0.295. The van der Waals surface area contributed by atoms with Crippen LogP contribution in [0.1, 0.15) is 20.1 Å². The maximum Gasteiger partial charge on any atom is 0.348 e. The molecule has 0 aliphatic heterocycles.